The summed E-state index contributed by atoms with van der Waals surface area (Å²) >= 11 is 0. The molecule has 0 saturated carbocycles. The predicted molar refractivity (Wildman–Crippen MR) is 104 cm³/mol. The summed E-state index contributed by atoms with van der Waals surface area (Å²) in [6.45, 7) is 6.69. The maximum atomic E-state index is 13.8. The van der Waals surface area contributed by atoms with Crippen molar-refractivity contribution in [3.8, 4) is 5.69 Å². The Bertz CT molecular complexity index is 980. The fourth-order valence-electron chi connectivity index (χ4n) is 2.33. The lowest BCUT2D eigenvalue weighted by Crippen LogP contribution is -2.07. The number of benzene rings is 1. The lowest BCUT2D eigenvalue weighted by atomic mass is 10.2. The molecule has 0 amide bonds. The van der Waals surface area contributed by atoms with Crippen LogP contribution in [0.1, 0.15) is 31.8 Å². The average molecular weight is 392 g/mol. The van der Waals surface area contributed by atoms with Gasteiger partial charge >= 0.3 is 0 Å². The Morgan fingerprint density at radius 2 is 1.89 bits per heavy atom. The number of nitrogens with zero attached hydrogens (tertiary/aromatic N) is 2. The van der Waals surface area contributed by atoms with Crippen molar-refractivity contribution in [2.45, 2.75) is 31.1 Å². The Labute approximate surface area is 158 Å². The van der Waals surface area contributed by atoms with Crippen LogP contribution in [0.2, 0.25) is 0 Å². The van der Waals surface area contributed by atoms with E-state index < -0.39 is 15.8 Å². The van der Waals surface area contributed by atoms with Gasteiger partial charge in [0.05, 0.1) is 4.90 Å². The third kappa shape index (κ3) is 5.23. The first kappa shape index (κ1) is 20.8. The van der Waals surface area contributed by atoms with Crippen molar-refractivity contribution in [3.05, 3.63) is 72.9 Å². The van der Waals surface area contributed by atoms with Gasteiger partial charge in [0.25, 0.3) is 5.92 Å². The molecule has 2 rings (SSSR count). The zero-order valence-electron chi connectivity index (χ0n) is 15.5. The normalized spacial score (nSPS) is 12.9. The van der Waals surface area contributed by atoms with E-state index in [2.05, 4.69) is 11.6 Å². The highest BCUT2D eigenvalue weighted by Gasteiger charge is 2.29. The van der Waals surface area contributed by atoms with Crippen LogP contribution in [-0.2, 0) is 15.8 Å². The number of sulfone groups is 1. The second kappa shape index (κ2) is 8.00. The van der Waals surface area contributed by atoms with Crippen LogP contribution in [0.4, 0.5) is 8.78 Å². The van der Waals surface area contributed by atoms with Crippen LogP contribution in [0.15, 0.2) is 66.2 Å². The van der Waals surface area contributed by atoms with E-state index in [0.717, 1.165) is 19.6 Å². The molecular weight excluding hydrogens is 370 g/mol. The highest BCUT2D eigenvalue weighted by atomic mass is 32.2. The van der Waals surface area contributed by atoms with Gasteiger partial charge in [-0.3, -0.25) is 4.57 Å². The number of alkyl halides is 2. The number of imidazole rings is 1. The van der Waals surface area contributed by atoms with Gasteiger partial charge in [-0.15, -0.1) is 0 Å². The highest BCUT2D eigenvalue weighted by molar-refractivity contribution is 7.90. The van der Waals surface area contributed by atoms with Gasteiger partial charge in [-0.25, -0.2) is 13.4 Å². The van der Waals surface area contributed by atoms with Crippen molar-refractivity contribution in [2.24, 2.45) is 0 Å². The van der Waals surface area contributed by atoms with Crippen molar-refractivity contribution >= 4 is 15.4 Å². The molecule has 4 nitrogen and oxygen atoms in total. The zero-order valence-corrected chi connectivity index (χ0v) is 16.3. The van der Waals surface area contributed by atoms with E-state index in [1.807, 2.05) is 19.1 Å². The number of rotatable bonds is 7. The third-order valence-electron chi connectivity index (χ3n) is 3.77. The van der Waals surface area contributed by atoms with Gasteiger partial charge in [0.15, 0.2) is 9.84 Å². The van der Waals surface area contributed by atoms with Crippen LogP contribution in [0.5, 0.6) is 0 Å². The zero-order chi connectivity index (χ0) is 20.2. The lowest BCUT2D eigenvalue weighted by Gasteiger charge is -2.08. The quantitative estimate of drug-likeness (QED) is 0.628. The van der Waals surface area contributed by atoms with E-state index in [9.17, 15) is 17.2 Å². The van der Waals surface area contributed by atoms with E-state index in [1.165, 1.54) is 22.9 Å². The van der Waals surface area contributed by atoms with Crippen molar-refractivity contribution in [1.29, 1.82) is 0 Å². The molecule has 0 aliphatic heterocycles. The van der Waals surface area contributed by atoms with Gasteiger partial charge in [0.2, 0.25) is 0 Å². The van der Waals surface area contributed by atoms with Crippen molar-refractivity contribution in [2.75, 3.05) is 6.26 Å². The fourth-order valence-corrected chi connectivity index (χ4v) is 2.96. The summed E-state index contributed by atoms with van der Waals surface area (Å²) in [4.78, 5) is 4.20. The summed E-state index contributed by atoms with van der Waals surface area (Å²) in [6.07, 6.45) is 10.5. The molecule has 0 N–H and O–H groups in total. The largest absolute Gasteiger partial charge is 0.299 e. The van der Waals surface area contributed by atoms with Gasteiger partial charge < -0.3 is 0 Å². The van der Waals surface area contributed by atoms with Crippen LogP contribution in [-0.4, -0.2) is 24.2 Å². The topological polar surface area (TPSA) is 52.0 Å². The third-order valence-corrected chi connectivity index (χ3v) is 4.89. The Hall–Kier alpha value is -2.54. The van der Waals surface area contributed by atoms with Crippen molar-refractivity contribution < 1.29 is 17.2 Å². The van der Waals surface area contributed by atoms with Crippen LogP contribution in [0.25, 0.3) is 11.3 Å². The second-order valence-electron chi connectivity index (χ2n) is 6.19. The van der Waals surface area contributed by atoms with Crippen LogP contribution in [0.3, 0.4) is 0 Å². The minimum absolute atomic E-state index is 0.150. The molecule has 0 unspecified atom stereocenters. The van der Waals surface area contributed by atoms with Crippen LogP contribution < -0.4 is 0 Å². The van der Waals surface area contributed by atoms with E-state index >= 15 is 0 Å². The molecule has 1 heterocycles. The average Bonchev–Trinajstić information content (AvgIpc) is 3.03. The van der Waals surface area contributed by atoms with E-state index in [1.54, 1.807) is 24.3 Å². The first-order chi connectivity index (χ1) is 12.5. The van der Waals surface area contributed by atoms with Crippen molar-refractivity contribution in [1.82, 2.24) is 9.55 Å². The molecule has 7 heteroatoms. The monoisotopic (exact) mass is 392 g/mol. The molecule has 0 atom stereocenters. The summed E-state index contributed by atoms with van der Waals surface area (Å²) in [5, 5.41) is 0. The molecule has 0 spiro atoms. The maximum Gasteiger partial charge on any atom is 0.288 e. The molecule has 1 aromatic heterocycles. The van der Waals surface area contributed by atoms with Crippen LogP contribution >= 0.6 is 0 Å². The van der Waals surface area contributed by atoms with E-state index in [-0.39, 0.29) is 16.4 Å². The standard InChI is InChI=1S/C20H22F2N2O2S/c1-5-6-7-8-9-15(2)19-23-18(20(3,21)22)14-24(19)16-10-12-17(13-11-16)27(4,25)26/h6-14H,2,5H2,1,3-4H3/b7-6-,9-8-. The Morgan fingerprint density at radius 1 is 1.26 bits per heavy atom. The molecule has 0 bridgehead atoms. The first-order valence-corrected chi connectivity index (χ1v) is 10.2. The van der Waals surface area contributed by atoms with Crippen molar-refractivity contribution in [3.63, 3.8) is 0 Å². The summed E-state index contributed by atoms with van der Waals surface area (Å²) in [7, 11) is -3.34. The Morgan fingerprint density at radius 3 is 2.41 bits per heavy atom. The number of halogens is 2. The molecule has 27 heavy (non-hydrogen) atoms. The van der Waals surface area contributed by atoms with Gasteiger partial charge in [-0.05, 0) is 30.7 Å². The van der Waals surface area contributed by atoms with Gasteiger partial charge in [-0.1, -0.05) is 37.8 Å². The Kier molecular flexibility index (Phi) is 6.15. The number of hydrogen-bond donors (Lipinski definition) is 0. The minimum Gasteiger partial charge on any atom is -0.299 e. The molecule has 2 aromatic rings. The number of allylic oxidation sites excluding steroid dienone is 5. The molecule has 0 fully saturated rings. The SMILES string of the molecule is C=C(/C=C\C=C/CC)c1nc(C(C)(F)F)cn1-c1ccc(S(C)(=O)=O)cc1. The molecule has 0 saturated heterocycles. The lowest BCUT2D eigenvalue weighted by molar-refractivity contribution is 0.0131. The summed E-state index contributed by atoms with van der Waals surface area (Å²) < 4.78 is 52.3. The minimum atomic E-state index is -3.34. The molecule has 0 radical (unpaired) electrons. The summed E-state index contributed by atoms with van der Waals surface area (Å²) in [6, 6.07) is 5.96. The van der Waals surface area contributed by atoms with Gasteiger partial charge in [-0.2, -0.15) is 8.78 Å². The summed E-state index contributed by atoms with van der Waals surface area (Å²) in [5.41, 5.74) is 0.584. The fraction of sp³-hybridized carbons (Fsp3) is 0.250. The number of hydrogen-bond acceptors (Lipinski definition) is 3. The second-order valence-corrected chi connectivity index (χ2v) is 8.21. The molecule has 0 aliphatic rings. The van der Waals surface area contributed by atoms with Gasteiger partial charge in [0, 0.05) is 30.6 Å². The van der Waals surface area contributed by atoms with E-state index in [4.69, 9.17) is 0 Å². The number of aromatic nitrogens is 2. The predicted octanol–water partition coefficient (Wildman–Crippen LogP) is 4.92. The maximum absolute atomic E-state index is 13.8. The smallest absolute Gasteiger partial charge is 0.288 e. The first-order valence-electron chi connectivity index (χ1n) is 8.34. The Balaban J connectivity index is 2.51. The van der Waals surface area contributed by atoms with Crippen LogP contribution in [0, 0.1) is 0 Å². The van der Waals surface area contributed by atoms with Gasteiger partial charge in [0.1, 0.15) is 11.5 Å². The summed E-state index contributed by atoms with van der Waals surface area (Å²) in [5.74, 6) is -2.85. The van der Waals surface area contributed by atoms with E-state index in [0.29, 0.717) is 11.3 Å². The molecule has 144 valence electrons. The molecule has 1 aromatic carbocycles. The molecular formula is C20H22F2N2O2S. The molecule has 0 aliphatic carbocycles. The highest BCUT2D eigenvalue weighted by Crippen LogP contribution is 2.29.